The van der Waals surface area contributed by atoms with Crippen LogP contribution in [0.3, 0.4) is 0 Å². The lowest BCUT2D eigenvalue weighted by atomic mass is 10.1. The van der Waals surface area contributed by atoms with Crippen molar-refractivity contribution in [2.75, 3.05) is 6.61 Å². The number of rotatable bonds is 17. The van der Waals surface area contributed by atoms with Gasteiger partial charge in [-0.1, -0.05) is 97.5 Å². The van der Waals surface area contributed by atoms with E-state index in [0.717, 1.165) is 19.3 Å². The minimum atomic E-state index is -0.179. The molecule has 0 spiro atoms. The lowest BCUT2D eigenvalue weighted by Crippen LogP contribution is -2.08. The lowest BCUT2D eigenvalue weighted by molar-refractivity contribution is -0.139. The third-order valence-electron chi connectivity index (χ3n) is 4.35. The normalized spacial score (nSPS) is 10.7. The molecule has 0 unspecified atom stereocenters. The zero-order chi connectivity index (χ0) is 17.2. The zero-order valence-electron chi connectivity index (χ0n) is 15.8. The van der Waals surface area contributed by atoms with Gasteiger partial charge in [0.25, 0.3) is 0 Å². The van der Waals surface area contributed by atoms with E-state index in [-0.39, 0.29) is 5.97 Å². The summed E-state index contributed by atoms with van der Waals surface area (Å²) < 4.78 is 5.30. The van der Waals surface area contributed by atoms with Gasteiger partial charge in [0.05, 0.1) is 6.61 Å². The van der Waals surface area contributed by atoms with E-state index in [0.29, 0.717) is 12.2 Å². The zero-order valence-corrected chi connectivity index (χ0v) is 15.8. The number of unbranched alkanes of at least 4 members (excludes halogenated alkanes) is 12. The summed E-state index contributed by atoms with van der Waals surface area (Å²) in [5.74, 6) is -0.179. The first-order valence-corrected chi connectivity index (χ1v) is 10.1. The van der Waals surface area contributed by atoms with Gasteiger partial charge in [-0.2, -0.15) is 0 Å². The highest BCUT2D eigenvalue weighted by atomic mass is 16.5. The molecule has 0 atom stereocenters. The predicted octanol–water partition coefficient (Wildman–Crippen LogP) is 6.98. The minimum Gasteiger partial charge on any atom is -0.462 e. The maximum atomic E-state index is 11.8. The molecular formula is C21H40O2. The molecule has 136 valence electrons. The summed E-state index contributed by atoms with van der Waals surface area (Å²) in [5, 5.41) is 0. The fourth-order valence-corrected chi connectivity index (χ4v) is 2.72. The molecule has 2 nitrogen and oxygen atoms in total. The van der Waals surface area contributed by atoms with Crippen LogP contribution in [0.15, 0.2) is 12.2 Å². The molecule has 0 aliphatic carbocycles. The Morgan fingerprint density at radius 1 is 0.696 bits per heavy atom. The number of hydrogen-bond donors (Lipinski definition) is 0. The van der Waals surface area contributed by atoms with Crippen LogP contribution in [-0.4, -0.2) is 12.6 Å². The van der Waals surface area contributed by atoms with Crippen molar-refractivity contribution >= 4 is 5.97 Å². The maximum absolute atomic E-state index is 11.8. The van der Waals surface area contributed by atoms with Gasteiger partial charge in [0.2, 0.25) is 0 Å². The van der Waals surface area contributed by atoms with E-state index in [4.69, 9.17) is 4.74 Å². The highest BCUT2D eigenvalue weighted by Gasteiger charge is 2.07. The van der Waals surface area contributed by atoms with Gasteiger partial charge in [0.1, 0.15) is 0 Å². The second kappa shape index (κ2) is 17.6. The Bertz CT molecular complexity index is 284. The SMILES string of the molecule is C=C(CCCCCCCCC)C(=O)OCCCCCCCCC. The van der Waals surface area contributed by atoms with E-state index in [1.165, 1.54) is 77.0 Å². The molecule has 0 saturated heterocycles. The molecule has 0 aromatic carbocycles. The average Bonchev–Trinajstić information content (AvgIpc) is 2.56. The Kier molecular flexibility index (Phi) is 17.0. The molecule has 0 aliphatic rings. The van der Waals surface area contributed by atoms with Crippen molar-refractivity contribution in [3.05, 3.63) is 12.2 Å². The van der Waals surface area contributed by atoms with Crippen LogP contribution in [0.5, 0.6) is 0 Å². The van der Waals surface area contributed by atoms with E-state index in [1.807, 2.05) is 0 Å². The van der Waals surface area contributed by atoms with Crippen molar-refractivity contribution in [1.29, 1.82) is 0 Å². The Morgan fingerprint density at radius 3 is 1.65 bits per heavy atom. The molecule has 0 aromatic rings. The first kappa shape index (κ1) is 22.2. The summed E-state index contributed by atoms with van der Waals surface area (Å²) in [4.78, 5) is 11.8. The third kappa shape index (κ3) is 15.9. The third-order valence-corrected chi connectivity index (χ3v) is 4.35. The fourth-order valence-electron chi connectivity index (χ4n) is 2.72. The monoisotopic (exact) mass is 324 g/mol. The maximum Gasteiger partial charge on any atom is 0.333 e. The smallest absolute Gasteiger partial charge is 0.333 e. The second-order valence-electron chi connectivity index (χ2n) is 6.73. The van der Waals surface area contributed by atoms with Crippen LogP contribution in [0.4, 0.5) is 0 Å². The number of ether oxygens (including phenoxy) is 1. The molecule has 0 aliphatic heterocycles. The molecule has 23 heavy (non-hydrogen) atoms. The van der Waals surface area contributed by atoms with Crippen molar-refractivity contribution in [2.45, 2.75) is 110 Å². The van der Waals surface area contributed by atoms with E-state index < -0.39 is 0 Å². The second-order valence-corrected chi connectivity index (χ2v) is 6.73. The molecule has 0 aromatic heterocycles. The highest BCUT2D eigenvalue weighted by Crippen LogP contribution is 2.13. The molecule has 0 fully saturated rings. The number of hydrogen-bond acceptors (Lipinski definition) is 2. The van der Waals surface area contributed by atoms with Crippen LogP contribution in [-0.2, 0) is 9.53 Å². The van der Waals surface area contributed by atoms with Crippen LogP contribution in [0, 0.1) is 0 Å². The molecule has 0 amide bonds. The standard InChI is InChI=1S/C21H40O2/c1-4-6-8-10-12-14-16-18-20(3)21(22)23-19-17-15-13-11-9-7-5-2/h3-19H2,1-2H3. The number of carbonyl (C=O) groups is 1. The Hall–Kier alpha value is -0.790. The molecule has 2 heteroatoms. The Labute approximate surface area is 145 Å². The van der Waals surface area contributed by atoms with Crippen LogP contribution >= 0.6 is 0 Å². The average molecular weight is 325 g/mol. The highest BCUT2D eigenvalue weighted by molar-refractivity contribution is 5.87. The Balaban J connectivity index is 3.37. The summed E-state index contributed by atoms with van der Waals surface area (Å²) in [6.07, 6.45) is 18.3. The molecule has 0 saturated carbocycles. The quantitative estimate of drug-likeness (QED) is 0.164. The summed E-state index contributed by atoms with van der Waals surface area (Å²) in [5.41, 5.74) is 0.654. The fraction of sp³-hybridized carbons (Fsp3) is 0.857. The van der Waals surface area contributed by atoms with Gasteiger partial charge < -0.3 is 4.74 Å². The van der Waals surface area contributed by atoms with Gasteiger partial charge in [-0.25, -0.2) is 4.79 Å². The molecule has 0 bridgehead atoms. The van der Waals surface area contributed by atoms with E-state index >= 15 is 0 Å². The van der Waals surface area contributed by atoms with Gasteiger partial charge in [0, 0.05) is 5.57 Å². The topological polar surface area (TPSA) is 26.3 Å². The lowest BCUT2D eigenvalue weighted by Gasteiger charge is -2.07. The first-order chi connectivity index (χ1) is 11.2. The molecule has 0 heterocycles. The van der Waals surface area contributed by atoms with Crippen molar-refractivity contribution in [1.82, 2.24) is 0 Å². The van der Waals surface area contributed by atoms with Crippen molar-refractivity contribution in [3.63, 3.8) is 0 Å². The van der Waals surface area contributed by atoms with Gasteiger partial charge >= 0.3 is 5.97 Å². The number of esters is 1. The van der Waals surface area contributed by atoms with Crippen LogP contribution in [0.2, 0.25) is 0 Å². The molecule has 0 N–H and O–H groups in total. The first-order valence-electron chi connectivity index (χ1n) is 10.1. The van der Waals surface area contributed by atoms with Crippen LogP contribution in [0.1, 0.15) is 110 Å². The summed E-state index contributed by atoms with van der Waals surface area (Å²) in [6, 6.07) is 0. The molecule has 0 rings (SSSR count). The predicted molar refractivity (Wildman–Crippen MR) is 101 cm³/mol. The van der Waals surface area contributed by atoms with Gasteiger partial charge in [-0.05, 0) is 19.3 Å². The van der Waals surface area contributed by atoms with Crippen molar-refractivity contribution in [3.8, 4) is 0 Å². The van der Waals surface area contributed by atoms with E-state index in [2.05, 4.69) is 20.4 Å². The summed E-state index contributed by atoms with van der Waals surface area (Å²) in [6.45, 7) is 8.91. The van der Waals surface area contributed by atoms with E-state index in [1.54, 1.807) is 0 Å². The summed E-state index contributed by atoms with van der Waals surface area (Å²) >= 11 is 0. The van der Waals surface area contributed by atoms with Gasteiger partial charge in [0.15, 0.2) is 0 Å². The van der Waals surface area contributed by atoms with Crippen molar-refractivity contribution in [2.24, 2.45) is 0 Å². The Morgan fingerprint density at radius 2 is 1.13 bits per heavy atom. The van der Waals surface area contributed by atoms with Gasteiger partial charge in [-0.3, -0.25) is 0 Å². The van der Waals surface area contributed by atoms with Crippen LogP contribution in [0.25, 0.3) is 0 Å². The minimum absolute atomic E-state index is 0.179. The number of carbonyl (C=O) groups excluding carboxylic acids is 1. The largest absolute Gasteiger partial charge is 0.462 e. The van der Waals surface area contributed by atoms with E-state index in [9.17, 15) is 4.79 Å². The molecular weight excluding hydrogens is 284 g/mol. The van der Waals surface area contributed by atoms with Crippen LogP contribution < -0.4 is 0 Å². The van der Waals surface area contributed by atoms with Crippen molar-refractivity contribution < 1.29 is 9.53 Å². The van der Waals surface area contributed by atoms with Gasteiger partial charge in [-0.15, -0.1) is 0 Å². The molecule has 0 radical (unpaired) electrons. The summed E-state index contributed by atoms with van der Waals surface area (Å²) in [7, 11) is 0.